The molecule has 0 N–H and O–H groups in total. The van der Waals surface area contributed by atoms with Crippen LogP contribution in [0.5, 0.6) is 0 Å². The van der Waals surface area contributed by atoms with Crippen LogP contribution in [0.3, 0.4) is 0 Å². The number of amides is 1. The standard InChI is InChI=1S/C15H18N2O3/c18-15(17-6-8-19-9-7-17)14-11-13(16-20-14)10-12-4-2-1-3-5-12/h1-5,14H,6-11H2. The van der Waals surface area contributed by atoms with E-state index >= 15 is 0 Å². The van der Waals surface area contributed by atoms with Crippen LogP contribution in [0.1, 0.15) is 12.0 Å². The van der Waals surface area contributed by atoms with E-state index in [1.165, 1.54) is 5.56 Å². The molecule has 0 saturated carbocycles. The first-order chi connectivity index (χ1) is 9.83. The number of rotatable bonds is 3. The Kier molecular flexibility index (Phi) is 3.97. The fourth-order valence-corrected chi connectivity index (χ4v) is 2.48. The monoisotopic (exact) mass is 274 g/mol. The molecule has 2 aliphatic heterocycles. The molecule has 2 aliphatic rings. The summed E-state index contributed by atoms with van der Waals surface area (Å²) in [5.74, 6) is 0.0279. The van der Waals surface area contributed by atoms with E-state index in [4.69, 9.17) is 9.57 Å². The molecule has 0 spiro atoms. The Balaban J connectivity index is 1.54. The SMILES string of the molecule is O=C(C1CC(Cc2ccccc2)=NO1)N1CCOCC1. The molecule has 1 atom stereocenters. The normalized spacial score (nSPS) is 22.3. The highest BCUT2D eigenvalue weighted by Crippen LogP contribution is 2.17. The Labute approximate surface area is 118 Å². The zero-order valence-corrected chi connectivity index (χ0v) is 11.3. The first-order valence-corrected chi connectivity index (χ1v) is 6.95. The lowest BCUT2D eigenvalue weighted by Gasteiger charge is -2.28. The average molecular weight is 274 g/mol. The second-order valence-corrected chi connectivity index (χ2v) is 5.06. The van der Waals surface area contributed by atoms with Gasteiger partial charge in [-0.25, -0.2) is 0 Å². The van der Waals surface area contributed by atoms with Crippen LogP contribution >= 0.6 is 0 Å². The lowest BCUT2D eigenvalue weighted by Crippen LogP contribution is -2.45. The van der Waals surface area contributed by atoms with E-state index in [1.807, 2.05) is 18.2 Å². The van der Waals surface area contributed by atoms with Gasteiger partial charge in [0.2, 0.25) is 6.10 Å². The summed E-state index contributed by atoms with van der Waals surface area (Å²) in [6.45, 7) is 2.51. The summed E-state index contributed by atoms with van der Waals surface area (Å²) < 4.78 is 5.25. The molecule has 106 valence electrons. The van der Waals surface area contributed by atoms with Gasteiger partial charge in [-0.1, -0.05) is 35.5 Å². The third kappa shape index (κ3) is 2.99. The van der Waals surface area contributed by atoms with Gasteiger partial charge in [-0.05, 0) is 5.56 Å². The molecule has 1 aromatic carbocycles. The molecule has 0 radical (unpaired) electrons. The lowest BCUT2D eigenvalue weighted by molar-refractivity contribution is -0.146. The van der Waals surface area contributed by atoms with Gasteiger partial charge < -0.3 is 14.5 Å². The average Bonchev–Trinajstić information content (AvgIpc) is 2.97. The van der Waals surface area contributed by atoms with E-state index < -0.39 is 6.10 Å². The molecule has 1 fully saturated rings. The molecule has 1 unspecified atom stereocenters. The maximum atomic E-state index is 12.3. The van der Waals surface area contributed by atoms with Crippen molar-refractivity contribution in [3.63, 3.8) is 0 Å². The maximum absolute atomic E-state index is 12.3. The summed E-state index contributed by atoms with van der Waals surface area (Å²) in [6.07, 6.45) is 0.880. The number of benzene rings is 1. The molecule has 1 amide bonds. The quantitative estimate of drug-likeness (QED) is 0.833. The predicted octanol–water partition coefficient (Wildman–Crippen LogP) is 1.23. The molecule has 5 nitrogen and oxygen atoms in total. The minimum absolute atomic E-state index is 0.0279. The van der Waals surface area contributed by atoms with Gasteiger partial charge in [-0.15, -0.1) is 0 Å². The van der Waals surface area contributed by atoms with E-state index in [0.717, 1.165) is 12.1 Å². The van der Waals surface area contributed by atoms with Crippen molar-refractivity contribution in [2.75, 3.05) is 26.3 Å². The number of morpholine rings is 1. The van der Waals surface area contributed by atoms with Crippen molar-refractivity contribution in [1.29, 1.82) is 0 Å². The van der Waals surface area contributed by atoms with E-state index in [9.17, 15) is 4.79 Å². The second-order valence-electron chi connectivity index (χ2n) is 5.06. The lowest BCUT2D eigenvalue weighted by atomic mass is 10.0. The van der Waals surface area contributed by atoms with Gasteiger partial charge in [0.15, 0.2) is 0 Å². The number of ether oxygens (including phenoxy) is 1. The van der Waals surface area contributed by atoms with Crippen LogP contribution < -0.4 is 0 Å². The van der Waals surface area contributed by atoms with Gasteiger partial charge in [0.1, 0.15) is 0 Å². The van der Waals surface area contributed by atoms with E-state index in [1.54, 1.807) is 4.90 Å². The summed E-state index contributed by atoms with van der Waals surface area (Å²) in [4.78, 5) is 19.4. The van der Waals surface area contributed by atoms with Gasteiger partial charge in [0.25, 0.3) is 5.91 Å². The fraction of sp³-hybridized carbons (Fsp3) is 0.467. The van der Waals surface area contributed by atoms with Crippen LogP contribution in [0.2, 0.25) is 0 Å². The molecule has 20 heavy (non-hydrogen) atoms. The third-order valence-corrected chi connectivity index (χ3v) is 3.58. The Morgan fingerprint density at radius 3 is 2.75 bits per heavy atom. The Hall–Kier alpha value is -1.88. The summed E-state index contributed by atoms with van der Waals surface area (Å²) in [5, 5.41) is 4.07. The van der Waals surface area contributed by atoms with E-state index in [0.29, 0.717) is 32.7 Å². The van der Waals surface area contributed by atoms with Gasteiger partial charge in [-0.2, -0.15) is 0 Å². The van der Waals surface area contributed by atoms with Crippen molar-refractivity contribution in [2.45, 2.75) is 18.9 Å². The molecule has 0 aromatic heterocycles. The molecule has 1 saturated heterocycles. The van der Waals surface area contributed by atoms with Crippen LogP contribution in [0.4, 0.5) is 0 Å². The maximum Gasteiger partial charge on any atom is 0.267 e. The van der Waals surface area contributed by atoms with Crippen molar-refractivity contribution < 1.29 is 14.4 Å². The topological polar surface area (TPSA) is 51.1 Å². The predicted molar refractivity (Wildman–Crippen MR) is 74.5 cm³/mol. The molecule has 5 heteroatoms. The number of nitrogens with zero attached hydrogens (tertiary/aromatic N) is 2. The van der Waals surface area contributed by atoms with Crippen molar-refractivity contribution in [3.8, 4) is 0 Å². The van der Waals surface area contributed by atoms with E-state index in [-0.39, 0.29) is 5.91 Å². The summed E-state index contributed by atoms with van der Waals surface area (Å²) in [6, 6.07) is 10.1. The highest BCUT2D eigenvalue weighted by Gasteiger charge is 2.32. The summed E-state index contributed by atoms with van der Waals surface area (Å²) in [5.41, 5.74) is 2.12. The summed E-state index contributed by atoms with van der Waals surface area (Å²) >= 11 is 0. The van der Waals surface area contributed by atoms with Gasteiger partial charge in [-0.3, -0.25) is 4.79 Å². The van der Waals surface area contributed by atoms with Crippen LogP contribution in [-0.2, 0) is 20.8 Å². The van der Waals surface area contributed by atoms with Crippen molar-refractivity contribution in [1.82, 2.24) is 4.90 Å². The summed E-state index contributed by atoms with van der Waals surface area (Å²) in [7, 11) is 0. The largest absolute Gasteiger partial charge is 0.382 e. The number of carbonyl (C=O) groups is 1. The number of carbonyl (C=O) groups excluding carboxylic acids is 1. The minimum atomic E-state index is -0.452. The Bertz CT molecular complexity index is 495. The Morgan fingerprint density at radius 1 is 1.25 bits per heavy atom. The van der Waals surface area contributed by atoms with Crippen molar-refractivity contribution in [2.24, 2.45) is 5.16 Å². The zero-order chi connectivity index (χ0) is 13.8. The zero-order valence-electron chi connectivity index (χ0n) is 11.3. The van der Waals surface area contributed by atoms with E-state index in [2.05, 4.69) is 17.3 Å². The minimum Gasteiger partial charge on any atom is -0.382 e. The molecule has 3 rings (SSSR count). The highest BCUT2D eigenvalue weighted by molar-refractivity contribution is 5.94. The third-order valence-electron chi connectivity index (χ3n) is 3.58. The van der Waals surface area contributed by atoms with Crippen LogP contribution in [0, 0.1) is 0 Å². The molecule has 0 bridgehead atoms. The van der Waals surface area contributed by atoms with Crippen LogP contribution in [0.25, 0.3) is 0 Å². The van der Waals surface area contributed by atoms with Gasteiger partial charge >= 0.3 is 0 Å². The van der Waals surface area contributed by atoms with Gasteiger partial charge in [0, 0.05) is 25.9 Å². The second kappa shape index (κ2) is 6.05. The highest BCUT2D eigenvalue weighted by atomic mass is 16.6. The van der Waals surface area contributed by atoms with Crippen LogP contribution in [0.15, 0.2) is 35.5 Å². The smallest absolute Gasteiger partial charge is 0.267 e. The molecule has 0 aliphatic carbocycles. The fourth-order valence-electron chi connectivity index (χ4n) is 2.48. The molecular weight excluding hydrogens is 256 g/mol. The number of hydrogen-bond acceptors (Lipinski definition) is 4. The van der Waals surface area contributed by atoms with Crippen LogP contribution in [-0.4, -0.2) is 48.9 Å². The van der Waals surface area contributed by atoms with Crippen molar-refractivity contribution in [3.05, 3.63) is 35.9 Å². The molecule has 1 aromatic rings. The molecular formula is C15H18N2O3. The Morgan fingerprint density at radius 2 is 2.00 bits per heavy atom. The number of oxime groups is 1. The first-order valence-electron chi connectivity index (χ1n) is 6.95. The van der Waals surface area contributed by atoms with Gasteiger partial charge in [0.05, 0.1) is 18.9 Å². The van der Waals surface area contributed by atoms with Crippen molar-refractivity contribution >= 4 is 11.6 Å². The number of hydrogen-bond donors (Lipinski definition) is 0. The first kappa shape index (κ1) is 13.1. The molecule has 2 heterocycles.